The Kier molecular flexibility index (Phi) is 12.0. The Morgan fingerprint density at radius 2 is 1.35 bits per heavy atom. The van der Waals surface area contributed by atoms with E-state index in [2.05, 4.69) is 53.9 Å². The average Bonchev–Trinajstić information content (AvgIpc) is 2.38. The molecule has 0 aromatic carbocycles. The van der Waals surface area contributed by atoms with Crippen LogP contribution in [0.4, 0.5) is 0 Å². The van der Waals surface area contributed by atoms with Crippen molar-refractivity contribution in [3.05, 3.63) is 0 Å². The van der Waals surface area contributed by atoms with Gasteiger partial charge in [0.25, 0.3) is 0 Å². The first-order valence-corrected chi connectivity index (χ1v) is 15.2. The molecule has 0 aliphatic carbocycles. The van der Waals surface area contributed by atoms with Crippen molar-refractivity contribution in [3.8, 4) is 0 Å². The van der Waals surface area contributed by atoms with E-state index in [0.29, 0.717) is 5.92 Å². The van der Waals surface area contributed by atoms with Crippen LogP contribution in [0.2, 0.25) is 26.2 Å². The Balaban J connectivity index is 4.03. The molecule has 0 N–H and O–H groups in total. The van der Waals surface area contributed by atoms with Crippen LogP contribution in [-0.4, -0.2) is 29.8 Å². The van der Waals surface area contributed by atoms with Crippen molar-refractivity contribution in [3.63, 3.8) is 0 Å². The molecule has 140 valence electrons. The first-order chi connectivity index (χ1) is 10.6. The minimum Gasteiger partial charge on any atom is -0.415 e. The van der Waals surface area contributed by atoms with Crippen molar-refractivity contribution < 1.29 is 13.0 Å². The van der Waals surface area contributed by atoms with Crippen LogP contribution in [0.5, 0.6) is 0 Å². The Hall–Kier alpha value is 0.314. The van der Waals surface area contributed by atoms with Crippen LogP contribution in [0.15, 0.2) is 0 Å². The maximum atomic E-state index is 6.34. The van der Waals surface area contributed by atoms with E-state index in [-0.39, 0.29) is 6.10 Å². The van der Waals surface area contributed by atoms with Gasteiger partial charge < -0.3 is 13.0 Å². The summed E-state index contributed by atoms with van der Waals surface area (Å²) in [5, 5.41) is 0. The SMILES string of the molecule is CCCCCCCCC(C)O[Si](C)(C)O[Si](C)(C)OCC(C)C. The molecule has 5 heteroatoms. The summed E-state index contributed by atoms with van der Waals surface area (Å²) in [6.45, 7) is 18.1. The van der Waals surface area contributed by atoms with Crippen LogP contribution in [0.1, 0.15) is 72.6 Å². The van der Waals surface area contributed by atoms with Crippen molar-refractivity contribution in [2.75, 3.05) is 6.61 Å². The van der Waals surface area contributed by atoms with E-state index in [1.54, 1.807) is 0 Å². The number of rotatable bonds is 14. The fourth-order valence-electron chi connectivity index (χ4n) is 2.77. The molecule has 23 heavy (non-hydrogen) atoms. The van der Waals surface area contributed by atoms with Crippen molar-refractivity contribution in [1.82, 2.24) is 0 Å². The zero-order valence-electron chi connectivity index (χ0n) is 17.0. The summed E-state index contributed by atoms with van der Waals surface area (Å²) >= 11 is 0. The molecule has 0 aliphatic heterocycles. The van der Waals surface area contributed by atoms with E-state index < -0.39 is 17.1 Å². The largest absolute Gasteiger partial charge is 0.415 e. The Bertz CT molecular complexity index is 294. The second kappa shape index (κ2) is 11.8. The fraction of sp³-hybridized carbons (Fsp3) is 1.00. The van der Waals surface area contributed by atoms with Crippen LogP contribution in [-0.2, 0) is 13.0 Å². The molecule has 0 heterocycles. The zero-order valence-corrected chi connectivity index (χ0v) is 19.0. The third-order valence-corrected chi connectivity index (χ3v) is 9.47. The third kappa shape index (κ3) is 14.4. The first-order valence-electron chi connectivity index (χ1n) is 9.60. The van der Waals surface area contributed by atoms with E-state index in [1.807, 2.05) is 0 Å². The summed E-state index contributed by atoms with van der Waals surface area (Å²) in [5.74, 6) is 0.544. The maximum absolute atomic E-state index is 6.34. The van der Waals surface area contributed by atoms with Gasteiger partial charge in [0, 0.05) is 12.7 Å². The standard InChI is InChI=1S/C18H42O3Si2/c1-9-10-11-12-13-14-15-18(4)20-23(7,8)21-22(5,6)19-16-17(2)3/h17-18H,9-16H2,1-8H3. The topological polar surface area (TPSA) is 27.7 Å². The molecule has 1 atom stereocenters. The lowest BCUT2D eigenvalue weighted by Gasteiger charge is -2.35. The number of hydrogen-bond donors (Lipinski definition) is 0. The average molecular weight is 363 g/mol. The highest BCUT2D eigenvalue weighted by atomic mass is 28.5. The lowest BCUT2D eigenvalue weighted by molar-refractivity contribution is 0.138. The van der Waals surface area contributed by atoms with Crippen molar-refractivity contribution >= 4 is 17.1 Å². The molecule has 0 bridgehead atoms. The Morgan fingerprint density at radius 3 is 1.91 bits per heavy atom. The van der Waals surface area contributed by atoms with Gasteiger partial charge in [0.05, 0.1) is 0 Å². The molecule has 0 aromatic heterocycles. The van der Waals surface area contributed by atoms with E-state index in [0.717, 1.165) is 13.0 Å². The monoisotopic (exact) mass is 362 g/mol. The molecule has 0 fully saturated rings. The predicted molar refractivity (Wildman–Crippen MR) is 105 cm³/mol. The van der Waals surface area contributed by atoms with Gasteiger partial charge in [0.15, 0.2) is 0 Å². The van der Waals surface area contributed by atoms with Crippen molar-refractivity contribution in [2.24, 2.45) is 5.92 Å². The number of hydrogen-bond acceptors (Lipinski definition) is 3. The van der Waals surface area contributed by atoms with Gasteiger partial charge in [0.2, 0.25) is 0 Å². The molecule has 0 amide bonds. The zero-order chi connectivity index (χ0) is 17.9. The molecule has 0 radical (unpaired) electrons. The van der Waals surface area contributed by atoms with E-state index in [9.17, 15) is 0 Å². The summed E-state index contributed by atoms with van der Waals surface area (Å²) in [6, 6.07) is 0. The molecule has 0 aromatic rings. The molecular weight excluding hydrogens is 320 g/mol. The summed E-state index contributed by atoms with van der Waals surface area (Å²) in [5.41, 5.74) is 0. The highest BCUT2D eigenvalue weighted by Crippen LogP contribution is 2.21. The van der Waals surface area contributed by atoms with Gasteiger partial charge in [-0.3, -0.25) is 0 Å². The summed E-state index contributed by atoms with van der Waals surface area (Å²) in [4.78, 5) is 0. The molecule has 1 unspecified atom stereocenters. The van der Waals surface area contributed by atoms with Gasteiger partial charge >= 0.3 is 17.1 Å². The van der Waals surface area contributed by atoms with E-state index in [1.165, 1.54) is 38.5 Å². The van der Waals surface area contributed by atoms with Crippen molar-refractivity contribution in [2.45, 2.75) is 105 Å². The Morgan fingerprint density at radius 1 is 0.783 bits per heavy atom. The predicted octanol–water partition coefficient (Wildman–Crippen LogP) is 6.23. The lowest BCUT2D eigenvalue weighted by Crippen LogP contribution is -2.50. The van der Waals surface area contributed by atoms with Gasteiger partial charge in [0.1, 0.15) is 0 Å². The Labute approximate surface area is 148 Å². The molecule has 0 spiro atoms. The molecule has 0 saturated heterocycles. The van der Waals surface area contributed by atoms with Crippen molar-refractivity contribution in [1.29, 1.82) is 0 Å². The second-order valence-corrected chi connectivity index (χ2v) is 15.0. The van der Waals surface area contributed by atoms with Gasteiger partial charge in [-0.15, -0.1) is 0 Å². The normalized spacial score (nSPS) is 14.5. The van der Waals surface area contributed by atoms with Gasteiger partial charge in [-0.2, -0.15) is 0 Å². The van der Waals surface area contributed by atoms with Crippen LogP contribution in [0.3, 0.4) is 0 Å². The summed E-state index contributed by atoms with van der Waals surface area (Å²) in [7, 11) is -4.20. The van der Waals surface area contributed by atoms with E-state index in [4.69, 9.17) is 13.0 Å². The summed E-state index contributed by atoms with van der Waals surface area (Å²) in [6.07, 6.45) is 9.45. The minimum absolute atomic E-state index is 0.290. The molecule has 0 rings (SSSR count). The maximum Gasteiger partial charge on any atom is 0.323 e. The summed E-state index contributed by atoms with van der Waals surface area (Å²) < 4.78 is 18.6. The molecule has 0 saturated carbocycles. The third-order valence-electron chi connectivity index (χ3n) is 3.71. The fourth-order valence-corrected chi connectivity index (χ4v) is 9.75. The van der Waals surface area contributed by atoms with Gasteiger partial charge in [-0.05, 0) is 45.5 Å². The quantitative estimate of drug-likeness (QED) is 0.270. The second-order valence-electron chi connectivity index (χ2n) is 8.09. The van der Waals surface area contributed by atoms with Crippen LogP contribution >= 0.6 is 0 Å². The first kappa shape index (κ1) is 23.3. The lowest BCUT2D eigenvalue weighted by atomic mass is 10.1. The van der Waals surface area contributed by atoms with Crippen LogP contribution in [0, 0.1) is 5.92 Å². The molecule has 3 nitrogen and oxygen atoms in total. The van der Waals surface area contributed by atoms with E-state index >= 15 is 0 Å². The molecular formula is C18H42O3Si2. The smallest absolute Gasteiger partial charge is 0.323 e. The van der Waals surface area contributed by atoms with Gasteiger partial charge in [-0.1, -0.05) is 59.3 Å². The van der Waals surface area contributed by atoms with Crippen LogP contribution in [0.25, 0.3) is 0 Å². The number of unbranched alkanes of at least 4 members (excludes halogenated alkanes) is 5. The highest BCUT2D eigenvalue weighted by molar-refractivity contribution is 6.78. The van der Waals surface area contributed by atoms with Crippen LogP contribution < -0.4 is 0 Å². The molecule has 0 aliphatic rings. The van der Waals surface area contributed by atoms with Gasteiger partial charge in [-0.25, -0.2) is 0 Å². The highest BCUT2D eigenvalue weighted by Gasteiger charge is 2.37. The minimum atomic E-state index is -2.12.